The van der Waals surface area contributed by atoms with Gasteiger partial charge in [-0.2, -0.15) is 8.78 Å². The Morgan fingerprint density at radius 2 is 1.52 bits per heavy atom. The van der Waals surface area contributed by atoms with E-state index in [2.05, 4.69) is 0 Å². The topological polar surface area (TPSA) is 72.9 Å². The van der Waals surface area contributed by atoms with E-state index < -0.39 is 28.1 Å². The lowest BCUT2D eigenvalue weighted by Crippen LogP contribution is -2.48. The molecule has 1 heterocycles. The van der Waals surface area contributed by atoms with Crippen LogP contribution in [-0.2, 0) is 19.4 Å². The number of carbonyl (C=O) groups is 1. The minimum Gasteiger partial charge on any atom is -0.490 e. The predicted octanol–water partition coefficient (Wildman–Crippen LogP) is 3.83. The van der Waals surface area contributed by atoms with Crippen LogP contribution in [0.4, 0.5) is 8.78 Å². The van der Waals surface area contributed by atoms with Crippen LogP contribution in [0.25, 0.3) is 0 Å². The molecule has 1 saturated heterocycles. The molecule has 0 radical (unpaired) electrons. The Labute approximate surface area is 182 Å². The number of likely N-dealkylation sites (tertiary alicyclic amines) is 1. The summed E-state index contributed by atoms with van der Waals surface area (Å²) in [7, 11) is -3.22. The fraction of sp³-hybridized carbons (Fsp3) is 0.682. The molecule has 1 aliphatic carbocycles. The second kappa shape index (κ2) is 9.81. The smallest absolute Gasteiger partial charge is 0.324 e. The van der Waals surface area contributed by atoms with Crippen LogP contribution >= 0.6 is 0 Å². The molecule has 9 heteroatoms. The quantitative estimate of drug-likeness (QED) is 0.620. The van der Waals surface area contributed by atoms with Gasteiger partial charge in [-0.25, -0.2) is 8.42 Å². The molecule has 0 spiro atoms. The average Bonchev–Trinajstić information content (AvgIpc) is 2.75. The summed E-state index contributed by atoms with van der Waals surface area (Å²) in [6.07, 6.45) is 5.36. The lowest BCUT2D eigenvalue weighted by Gasteiger charge is -2.37. The lowest BCUT2D eigenvalue weighted by molar-refractivity contribution is -0.161. The van der Waals surface area contributed by atoms with Crippen LogP contribution in [0.5, 0.6) is 5.75 Å². The molecule has 1 aliphatic heterocycles. The van der Waals surface area contributed by atoms with Crippen LogP contribution in [-0.4, -0.2) is 62.8 Å². The van der Waals surface area contributed by atoms with Gasteiger partial charge in [-0.3, -0.25) is 4.79 Å². The fourth-order valence-corrected chi connectivity index (χ4v) is 4.72. The van der Waals surface area contributed by atoms with Gasteiger partial charge in [0.1, 0.15) is 5.75 Å². The molecule has 0 aromatic heterocycles. The van der Waals surface area contributed by atoms with Crippen molar-refractivity contribution >= 4 is 15.7 Å². The number of hydrogen-bond donors (Lipinski definition) is 0. The highest BCUT2D eigenvalue weighted by atomic mass is 32.2. The molecule has 2 fully saturated rings. The van der Waals surface area contributed by atoms with Gasteiger partial charge in [0, 0.05) is 25.8 Å². The summed E-state index contributed by atoms with van der Waals surface area (Å²) in [5.41, 5.74) is 0. The first kappa shape index (κ1) is 23.9. The van der Waals surface area contributed by atoms with Crippen molar-refractivity contribution in [2.45, 2.75) is 81.0 Å². The highest BCUT2D eigenvalue weighted by Crippen LogP contribution is 2.29. The number of ether oxygens (including phenoxy) is 2. The fourth-order valence-electron chi connectivity index (χ4n) is 4.09. The van der Waals surface area contributed by atoms with Gasteiger partial charge in [-0.15, -0.1) is 0 Å². The zero-order chi connectivity index (χ0) is 22.6. The molecule has 1 saturated carbocycles. The van der Waals surface area contributed by atoms with E-state index in [1.165, 1.54) is 18.1 Å². The van der Waals surface area contributed by atoms with Crippen molar-refractivity contribution in [3.8, 4) is 5.75 Å². The van der Waals surface area contributed by atoms with Crippen molar-refractivity contribution in [1.82, 2.24) is 4.90 Å². The Morgan fingerprint density at radius 1 is 1.00 bits per heavy atom. The van der Waals surface area contributed by atoms with Gasteiger partial charge in [0.25, 0.3) is 5.91 Å². The monoisotopic (exact) mass is 459 g/mol. The summed E-state index contributed by atoms with van der Waals surface area (Å²) >= 11 is 0. The molecule has 1 amide bonds. The van der Waals surface area contributed by atoms with E-state index in [0.717, 1.165) is 25.7 Å². The molecule has 0 N–H and O–H groups in total. The number of carbonyl (C=O) groups excluding carboxylic acids is 1. The molecule has 3 rings (SSSR count). The normalized spacial score (nSPS) is 23.5. The molecular weight excluding hydrogens is 428 g/mol. The molecule has 1 aromatic carbocycles. The number of piperidine rings is 1. The second-order valence-electron chi connectivity index (χ2n) is 8.45. The third-order valence-electron chi connectivity index (χ3n) is 6.05. The predicted molar refractivity (Wildman–Crippen MR) is 112 cm³/mol. The van der Waals surface area contributed by atoms with Crippen LogP contribution in [0.3, 0.4) is 0 Å². The Bertz CT molecular complexity index is 843. The molecule has 174 valence electrons. The third kappa shape index (κ3) is 6.38. The number of sulfone groups is 1. The number of benzene rings is 1. The van der Waals surface area contributed by atoms with Crippen LogP contribution in [0.2, 0.25) is 0 Å². The van der Waals surface area contributed by atoms with Gasteiger partial charge in [0.15, 0.2) is 9.84 Å². The van der Waals surface area contributed by atoms with Gasteiger partial charge in [-0.1, -0.05) is 6.92 Å². The van der Waals surface area contributed by atoms with E-state index >= 15 is 0 Å². The Kier molecular flexibility index (Phi) is 7.57. The maximum Gasteiger partial charge on any atom is 0.324 e. The van der Waals surface area contributed by atoms with E-state index in [9.17, 15) is 22.0 Å². The van der Waals surface area contributed by atoms with Crippen molar-refractivity contribution in [1.29, 1.82) is 0 Å². The lowest BCUT2D eigenvalue weighted by atomic mass is 9.94. The first-order valence-corrected chi connectivity index (χ1v) is 12.8. The Balaban J connectivity index is 1.39. The van der Waals surface area contributed by atoms with E-state index in [-0.39, 0.29) is 23.2 Å². The number of nitrogens with zero attached hydrogens (tertiary/aromatic N) is 1. The molecule has 0 bridgehead atoms. The van der Waals surface area contributed by atoms with Gasteiger partial charge in [0.05, 0.1) is 23.2 Å². The minimum atomic E-state index is -3.28. The first-order chi connectivity index (χ1) is 14.6. The summed E-state index contributed by atoms with van der Waals surface area (Å²) in [5.74, 6) is -3.70. The van der Waals surface area contributed by atoms with Crippen LogP contribution < -0.4 is 4.74 Å². The Morgan fingerprint density at radius 3 is 2.03 bits per heavy atom. The van der Waals surface area contributed by atoms with Crippen LogP contribution in [0.1, 0.15) is 51.9 Å². The zero-order valence-corrected chi connectivity index (χ0v) is 18.9. The SMILES string of the molecule is CCC(F)(F)C(=O)N1CCC(O[C@H]2CC[C@H](Oc3ccc(S(C)(=O)=O)cc3)CC2)CC1. The molecule has 0 unspecified atom stereocenters. The third-order valence-corrected chi connectivity index (χ3v) is 7.18. The van der Waals surface area contributed by atoms with Crippen molar-refractivity contribution in [2.24, 2.45) is 0 Å². The maximum absolute atomic E-state index is 13.6. The summed E-state index contributed by atoms with van der Waals surface area (Å²) in [6, 6.07) is 6.45. The van der Waals surface area contributed by atoms with E-state index in [4.69, 9.17) is 9.47 Å². The summed E-state index contributed by atoms with van der Waals surface area (Å²) in [6.45, 7) is 1.93. The molecule has 6 nitrogen and oxygen atoms in total. The molecule has 1 aromatic rings. The molecular formula is C22H31F2NO5S. The van der Waals surface area contributed by atoms with Crippen molar-refractivity contribution in [3.63, 3.8) is 0 Å². The molecule has 2 aliphatic rings. The number of amides is 1. The van der Waals surface area contributed by atoms with E-state index in [0.29, 0.717) is 31.7 Å². The van der Waals surface area contributed by atoms with Crippen molar-refractivity contribution < 1.29 is 31.5 Å². The van der Waals surface area contributed by atoms with Crippen LogP contribution in [0, 0.1) is 0 Å². The zero-order valence-electron chi connectivity index (χ0n) is 18.1. The van der Waals surface area contributed by atoms with E-state index in [1.807, 2.05) is 0 Å². The summed E-state index contributed by atoms with van der Waals surface area (Å²) < 4.78 is 62.4. The number of rotatable bonds is 7. The average molecular weight is 460 g/mol. The minimum absolute atomic E-state index is 0.00898. The van der Waals surface area contributed by atoms with Gasteiger partial charge in [0.2, 0.25) is 0 Å². The summed E-state index contributed by atoms with van der Waals surface area (Å²) in [5, 5.41) is 0. The van der Waals surface area contributed by atoms with Gasteiger partial charge in [-0.05, 0) is 62.8 Å². The summed E-state index contributed by atoms with van der Waals surface area (Å²) in [4.78, 5) is 13.4. The highest BCUT2D eigenvalue weighted by molar-refractivity contribution is 7.90. The van der Waals surface area contributed by atoms with Gasteiger partial charge >= 0.3 is 5.92 Å². The highest BCUT2D eigenvalue weighted by Gasteiger charge is 2.41. The van der Waals surface area contributed by atoms with Crippen molar-refractivity contribution in [2.75, 3.05) is 19.3 Å². The molecule has 0 atom stereocenters. The van der Waals surface area contributed by atoms with Crippen LogP contribution in [0.15, 0.2) is 29.2 Å². The maximum atomic E-state index is 13.6. The number of hydrogen-bond acceptors (Lipinski definition) is 5. The largest absolute Gasteiger partial charge is 0.490 e. The molecule has 31 heavy (non-hydrogen) atoms. The number of alkyl halides is 2. The van der Waals surface area contributed by atoms with Gasteiger partial charge < -0.3 is 14.4 Å². The Hall–Kier alpha value is -1.74. The van der Waals surface area contributed by atoms with E-state index in [1.54, 1.807) is 24.3 Å². The second-order valence-corrected chi connectivity index (χ2v) is 10.5. The standard InChI is InChI=1S/C22H31F2NO5S/c1-3-22(23,24)21(26)25-14-12-19(13-15-25)30-17-6-4-16(5-7-17)29-18-8-10-20(11-9-18)31(2,27)28/h8-11,16-17,19H,3-7,12-15H2,1-2H3/t16-,17-. The first-order valence-electron chi connectivity index (χ1n) is 10.9. The number of halogens is 2. The van der Waals surface area contributed by atoms with Crippen molar-refractivity contribution in [3.05, 3.63) is 24.3 Å².